The zero-order valence-electron chi connectivity index (χ0n) is 15.2. The summed E-state index contributed by atoms with van der Waals surface area (Å²) in [5.41, 5.74) is 1.28. The number of aryl methyl sites for hydroxylation is 1. The van der Waals surface area contributed by atoms with Gasteiger partial charge in [-0.3, -0.25) is 14.5 Å². The SMILES string of the molecule is CCOC(=O)CN(C(=O)COc1cc(C)ccc1C(=O)O)c1ccccc1. The van der Waals surface area contributed by atoms with Crippen LogP contribution in [0.15, 0.2) is 48.5 Å². The smallest absolute Gasteiger partial charge is 0.339 e. The maximum absolute atomic E-state index is 12.7. The average Bonchev–Trinajstić information content (AvgIpc) is 2.65. The van der Waals surface area contributed by atoms with Crippen molar-refractivity contribution in [3.8, 4) is 5.75 Å². The molecule has 7 heteroatoms. The quantitative estimate of drug-likeness (QED) is 0.717. The summed E-state index contributed by atoms with van der Waals surface area (Å²) in [6.07, 6.45) is 0. The monoisotopic (exact) mass is 371 g/mol. The lowest BCUT2D eigenvalue weighted by molar-refractivity contribution is -0.142. The maximum atomic E-state index is 12.7. The standard InChI is InChI=1S/C20H21NO6/c1-3-26-19(23)12-21(15-7-5-4-6-8-15)18(22)13-27-17-11-14(2)9-10-16(17)20(24)25/h4-11H,3,12-13H2,1-2H3,(H,24,25). The minimum absolute atomic E-state index is 0.0370. The molecule has 0 saturated carbocycles. The number of rotatable bonds is 8. The predicted octanol–water partition coefficient (Wildman–Crippen LogP) is 2.67. The molecule has 0 aliphatic heterocycles. The normalized spacial score (nSPS) is 10.1. The van der Waals surface area contributed by atoms with Crippen LogP contribution in [0.5, 0.6) is 5.75 Å². The number of amides is 1. The fourth-order valence-electron chi connectivity index (χ4n) is 2.41. The molecule has 0 unspecified atom stereocenters. The Bertz CT molecular complexity index is 818. The van der Waals surface area contributed by atoms with E-state index in [1.54, 1.807) is 56.3 Å². The van der Waals surface area contributed by atoms with Crippen molar-refractivity contribution >= 4 is 23.5 Å². The van der Waals surface area contributed by atoms with Crippen LogP contribution in [0.1, 0.15) is 22.8 Å². The first-order chi connectivity index (χ1) is 12.9. The van der Waals surface area contributed by atoms with Gasteiger partial charge in [-0.1, -0.05) is 24.3 Å². The number of hydrogen-bond acceptors (Lipinski definition) is 5. The van der Waals surface area contributed by atoms with Crippen LogP contribution < -0.4 is 9.64 Å². The van der Waals surface area contributed by atoms with E-state index in [1.807, 2.05) is 0 Å². The molecule has 1 N–H and O–H groups in total. The summed E-state index contributed by atoms with van der Waals surface area (Å²) in [5, 5.41) is 9.25. The van der Waals surface area contributed by atoms with E-state index in [-0.39, 0.29) is 24.5 Å². The average molecular weight is 371 g/mol. The first-order valence-electron chi connectivity index (χ1n) is 8.40. The van der Waals surface area contributed by atoms with E-state index in [1.165, 1.54) is 11.0 Å². The Morgan fingerprint density at radius 1 is 1.07 bits per heavy atom. The summed E-state index contributed by atoms with van der Waals surface area (Å²) < 4.78 is 10.4. The summed E-state index contributed by atoms with van der Waals surface area (Å²) in [7, 11) is 0. The number of carbonyl (C=O) groups excluding carboxylic acids is 2. The van der Waals surface area contributed by atoms with Crippen LogP contribution in [-0.2, 0) is 14.3 Å². The molecule has 2 aromatic carbocycles. The zero-order valence-corrected chi connectivity index (χ0v) is 15.2. The summed E-state index contributed by atoms with van der Waals surface area (Å²) in [6, 6.07) is 13.3. The van der Waals surface area contributed by atoms with E-state index in [2.05, 4.69) is 0 Å². The number of ether oxygens (including phenoxy) is 2. The van der Waals surface area contributed by atoms with E-state index in [4.69, 9.17) is 9.47 Å². The highest BCUT2D eigenvalue weighted by molar-refractivity contribution is 5.98. The molecule has 0 aliphatic carbocycles. The summed E-state index contributed by atoms with van der Waals surface area (Å²) in [4.78, 5) is 37.1. The number of para-hydroxylation sites is 1. The molecule has 7 nitrogen and oxygen atoms in total. The molecule has 0 aliphatic rings. The second kappa shape index (κ2) is 9.38. The number of esters is 1. The van der Waals surface area contributed by atoms with E-state index in [0.29, 0.717) is 5.69 Å². The van der Waals surface area contributed by atoms with Crippen molar-refractivity contribution in [2.75, 3.05) is 24.7 Å². The minimum Gasteiger partial charge on any atom is -0.483 e. The Balaban J connectivity index is 2.18. The Kier molecular flexibility index (Phi) is 6.93. The van der Waals surface area contributed by atoms with Crippen molar-refractivity contribution in [2.24, 2.45) is 0 Å². The van der Waals surface area contributed by atoms with Crippen LogP contribution >= 0.6 is 0 Å². The molecule has 2 rings (SSSR count). The van der Waals surface area contributed by atoms with Crippen LogP contribution in [-0.4, -0.2) is 42.7 Å². The predicted molar refractivity (Wildman–Crippen MR) is 99.1 cm³/mol. The van der Waals surface area contributed by atoms with E-state index in [9.17, 15) is 19.5 Å². The molecule has 0 spiro atoms. The number of carbonyl (C=O) groups is 3. The molecule has 0 fully saturated rings. The van der Waals surface area contributed by atoms with Crippen molar-refractivity contribution in [2.45, 2.75) is 13.8 Å². The number of anilines is 1. The topological polar surface area (TPSA) is 93.1 Å². The zero-order chi connectivity index (χ0) is 19.8. The van der Waals surface area contributed by atoms with Crippen LogP contribution in [0.3, 0.4) is 0 Å². The van der Waals surface area contributed by atoms with Crippen LogP contribution in [0, 0.1) is 6.92 Å². The van der Waals surface area contributed by atoms with E-state index in [0.717, 1.165) is 5.56 Å². The van der Waals surface area contributed by atoms with Crippen molar-refractivity contribution in [3.05, 3.63) is 59.7 Å². The molecular formula is C20H21NO6. The van der Waals surface area contributed by atoms with Crippen LogP contribution in [0.2, 0.25) is 0 Å². The lowest BCUT2D eigenvalue weighted by Crippen LogP contribution is -2.39. The number of benzene rings is 2. The Morgan fingerprint density at radius 2 is 1.78 bits per heavy atom. The number of nitrogens with zero attached hydrogens (tertiary/aromatic N) is 1. The maximum Gasteiger partial charge on any atom is 0.339 e. The fraction of sp³-hybridized carbons (Fsp3) is 0.250. The third kappa shape index (κ3) is 5.57. The Hall–Kier alpha value is -3.35. The molecule has 27 heavy (non-hydrogen) atoms. The number of carboxylic acids is 1. The molecular weight excluding hydrogens is 350 g/mol. The lowest BCUT2D eigenvalue weighted by Gasteiger charge is -2.22. The number of aromatic carboxylic acids is 1. The van der Waals surface area contributed by atoms with Gasteiger partial charge in [-0.05, 0) is 43.7 Å². The molecule has 0 radical (unpaired) electrons. The number of carboxylic acid groups (broad SMARTS) is 1. The van der Waals surface area contributed by atoms with Gasteiger partial charge in [0, 0.05) is 5.69 Å². The Labute approximate surface area is 157 Å². The fourth-order valence-corrected chi connectivity index (χ4v) is 2.41. The largest absolute Gasteiger partial charge is 0.483 e. The molecule has 0 atom stereocenters. The van der Waals surface area contributed by atoms with Crippen molar-refractivity contribution in [3.63, 3.8) is 0 Å². The third-order valence-electron chi connectivity index (χ3n) is 3.68. The van der Waals surface area contributed by atoms with Gasteiger partial charge in [-0.25, -0.2) is 4.79 Å². The van der Waals surface area contributed by atoms with Gasteiger partial charge in [-0.15, -0.1) is 0 Å². The molecule has 142 valence electrons. The van der Waals surface area contributed by atoms with Gasteiger partial charge < -0.3 is 14.6 Å². The lowest BCUT2D eigenvalue weighted by atomic mass is 10.1. The molecule has 0 heterocycles. The van der Waals surface area contributed by atoms with Gasteiger partial charge in [0.05, 0.1) is 6.61 Å². The summed E-state index contributed by atoms with van der Waals surface area (Å²) in [5.74, 6) is -2.09. The first kappa shape index (κ1) is 20.0. The van der Waals surface area contributed by atoms with Crippen molar-refractivity contribution in [1.29, 1.82) is 0 Å². The van der Waals surface area contributed by atoms with E-state index >= 15 is 0 Å². The van der Waals surface area contributed by atoms with Gasteiger partial charge in [0.2, 0.25) is 0 Å². The Morgan fingerprint density at radius 3 is 2.41 bits per heavy atom. The molecule has 0 saturated heterocycles. The van der Waals surface area contributed by atoms with Crippen LogP contribution in [0.4, 0.5) is 5.69 Å². The number of hydrogen-bond donors (Lipinski definition) is 1. The van der Waals surface area contributed by atoms with Crippen molar-refractivity contribution < 1.29 is 29.0 Å². The summed E-state index contributed by atoms with van der Waals surface area (Å²) >= 11 is 0. The van der Waals surface area contributed by atoms with Gasteiger partial charge in [0.25, 0.3) is 5.91 Å². The molecule has 2 aromatic rings. The van der Waals surface area contributed by atoms with Crippen molar-refractivity contribution in [1.82, 2.24) is 0 Å². The molecule has 1 amide bonds. The highest BCUT2D eigenvalue weighted by atomic mass is 16.5. The first-order valence-corrected chi connectivity index (χ1v) is 8.40. The molecule has 0 aromatic heterocycles. The minimum atomic E-state index is -1.15. The van der Waals surface area contributed by atoms with E-state index < -0.39 is 24.5 Å². The van der Waals surface area contributed by atoms with Crippen LogP contribution in [0.25, 0.3) is 0 Å². The summed E-state index contributed by atoms with van der Waals surface area (Å²) in [6.45, 7) is 2.99. The van der Waals surface area contributed by atoms with Gasteiger partial charge in [0.15, 0.2) is 6.61 Å². The second-order valence-corrected chi connectivity index (χ2v) is 5.71. The van der Waals surface area contributed by atoms with Gasteiger partial charge >= 0.3 is 11.9 Å². The highest BCUT2D eigenvalue weighted by Crippen LogP contribution is 2.21. The second-order valence-electron chi connectivity index (χ2n) is 5.71. The van der Waals surface area contributed by atoms with Gasteiger partial charge in [-0.2, -0.15) is 0 Å². The third-order valence-corrected chi connectivity index (χ3v) is 3.68. The van der Waals surface area contributed by atoms with Gasteiger partial charge in [0.1, 0.15) is 17.9 Å². The highest BCUT2D eigenvalue weighted by Gasteiger charge is 2.21. The molecule has 0 bridgehead atoms.